The van der Waals surface area contributed by atoms with Gasteiger partial charge >= 0.3 is 5.97 Å². The van der Waals surface area contributed by atoms with E-state index in [0.29, 0.717) is 24.0 Å². The van der Waals surface area contributed by atoms with Crippen molar-refractivity contribution in [2.24, 2.45) is 11.8 Å². The van der Waals surface area contributed by atoms with E-state index in [2.05, 4.69) is 30.3 Å². The number of nitrogens with one attached hydrogen (secondary N) is 1. The molecule has 1 saturated heterocycles. The number of methoxy groups -OCH3 is 2. The summed E-state index contributed by atoms with van der Waals surface area (Å²) in [5.41, 5.74) is 2.09. The molecule has 0 spiro atoms. The molecule has 2 aliphatic rings. The van der Waals surface area contributed by atoms with Gasteiger partial charge in [0.15, 0.2) is 17.3 Å². The summed E-state index contributed by atoms with van der Waals surface area (Å²) in [7, 11) is 5.50. The Labute approximate surface area is 227 Å². The number of amides is 1. The van der Waals surface area contributed by atoms with Crippen molar-refractivity contribution in [1.29, 1.82) is 0 Å². The molecule has 1 aromatic carbocycles. The largest absolute Gasteiger partial charge is 0.493 e. The molecule has 38 heavy (non-hydrogen) atoms. The van der Waals surface area contributed by atoms with E-state index in [0.717, 1.165) is 30.7 Å². The number of hydrogen-bond acceptors (Lipinski definition) is 7. The van der Waals surface area contributed by atoms with Gasteiger partial charge in [0.1, 0.15) is 5.76 Å². The third-order valence-corrected chi connectivity index (χ3v) is 8.52. The number of benzene rings is 1. The SMILES string of the molecule is CC=C(CC12CCN(C)C(Cc3ccc(OC)c(OC)c31)C2C)OC(=O)CCC(=O)NC(C(C)=O)C(C)C. The van der Waals surface area contributed by atoms with Crippen molar-refractivity contribution in [3.8, 4) is 11.5 Å². The zero-order chi connectivity index (χ0) is 28.2. The summed E-state index contributed by atoms with van der Waals surface area (Å²) >= 11 is 0. The van der Waals surface area contributed by atoms with Crippen LogP contribution in [0, 0.1) is 11.8 Å². The topological polar surface area (TPSA) is 94.2 Å². The molecular weight excluding hydrogens is 484 g/mol. The molecule has 210 valence electrons. The number of fused-ring (bicyclic) bond motifs is 4. The van der Waals surface area contributed by atoms with Gasteiger partial charge in [-0.2, -0.15) is 0 Å². The van der Waals surface area contributed by atoms with Crippen LogP contribution >= 0.6 is 0 Å². The maximum atomic E-state index is 12.8. The van der Waals surface area contributed by atoms with Gasteiger partial charge in [0, 0.05) is 29.9 Å². The number of allylic oxidation sites excluding steroid dienone is 2. The van der Waals surface area contributed by atoms with E-state index in [1.807, 2.05) is 32.9 Å². The molecule has 8 heteroatoms. The number of likely N-dealkylation sites (N-methyl/N-ethyl adjacent to an activating group) is 1. The van der Waals surface area contributed by atoms with Crippen LogP contribution in [0.2, 0.25) is 0 Å². The Kier molecular flexibility index (Phi) is 9.63. The average molecular weight is 529 g/mol. The summed E-state index contributed by atoms with van der Waals surface area (Å²) in [5, 5.41) is 2.73. The van der Waals surface area contributed by atoms with Crippen LogP contribution in [0.25, 0.3) is 0 Å². The standard InChI is InChI=1S/C30H44N2O6/c1-9-22(38-26(35)13-12-25(34)31-28(18(2)3)20(5)33)17-30-14-15-32(6)23(19(30)4)16-21-10-11-24(36-7)29(37-8)27(21)30/h9-11,18-19,23,28H,12-17H2,1-8H3,(H,31,34). The number of carbonyl (C=O) groups excluding carboxylic acids is 3. The number of carbonyl (C=O) groups is 3. The summed E-state index contributed by atoms with van der Waals surface area (Å²) in [6.45, 7) is 10.3. The van der Waals surface area contributed by atoms with Gasteiger partial charge in [-0.15, -0.1) is 0 Å². The number of ether oxygens (including phenoxy) is 3. The van der Waals surface area contributed by atoms with Gasteiger partial charge in [-0.25, -0.2) is 0 Å². The third kappa shape index (κ3) is 5.90. The lowest BCUT2D eigenvalue weighted by molar-refractivity contribution is -0.141. The van der Waals surface area contributed by atoms with Gasteiger partial charge in [-0.3, -0.25) is 14.4 Å². The Morgan fingerprint density at radius 1 is 1.18 bits per heavy atom. The first-order chi connectivity index (χ1) is 18.0. The highest BCUT2D eigenvalue weighted by molar-refractivity contribution is 5.88. The van der Waals surface area contributed by atoms with Crippen molar-refractivity contribution >= 4 is 17.7 Å². The van der Waals surface area contributed by atoms with Crippen molar-refractivity contribution in [2.75, 3.05) is 27.8 Å². The number of hydrogen-bond donors (Lipinski definition) is 1. The van der Waals surface area contributed by atoms with E-state index < -0.39 is 12.0 Å². The van der Waals surface area contributed by atoms with Crippen molar-refractivity contribution in [3.05, 3.63) is 35.1 Å². The molecule has 1 amide bonds. The van der Waals surface area contributed by atoms with Crippen LogP contribution in [0.3, 0.4) is 0 Å². The van der Waals surface area contributed by atoms with Crippen LogP contribution in [0.15, 0.2) is 24.0 Å². The van der Waals surface area contributed by atoms with E-state index in [1.165, 1.54) is 12.5 Å². The molecule has 3 rings (SSSR count). The molecule has 0 aromatic heterocycles. The predicted molar refractivity (Wildman–Crippen MR) is 146 cm³/mol. The molecule has 4 atom stereocenters. The predicted octanol–water partition coefficient (Wildman–Crippen LogP) is 4.19. The average Bonchev–Trinajstić information content (AvgIpc) is 2.88. The number of nitrogens with zero attached hydrogens (tertiary/aromatic N) is 1. The molecule has 4 unspecified atom stereocenters. The number of likely N-dealkylation sites (tertiary alicyclic amines) is 1. The zero-order valence-electron chi connectivity index (χ0n) is 24.2. The Balaban J connectivity index is 1.80. The van der Waals surface area contributed by atoms with Gasteiger partial charge in [0.25, 0.3) is 0 Å². The highest BCUT2D eigenvalue weighted by Crippen LogP contribution is 2.56. The zero-order valence-corrected chi connectivity index (χ0v) is 24.2. The van der Waals surface area contributed by atoms with E-state index in [9.17, 15) is 14.4 Å². The molecule has 1 aromatic rings. The fraction of sp³-hybridized carbons (Fsp3) is 0.633. The first-order valence-corrected chi connectivity index (χ1v) is 13.6. The quantitative estimate of drug-likeness (QED) is 0.340. The first-order valence-electron chi connectivity index (χ1n) is 13.6. The van der Waals surface area contributed by atoms with Crippen LogP contribution in [-0.2, 0) is 31.0 Å². The number of piperidine rings is 1. The monoisotopic (exact) mass is 528 g/mol. The lowest BCUT2D eigenvalue weighted by Gasteiger charge is -2.55. The number of Topliss-reactive ketones (excluding diaryl/α,β-unsaturated/α-hetero) is 1. The Morgan fingerprint density at radius 3 is 2.47 bits per heavy atom. The van der Waals surface area contributed by atoms with Crippen LogP contribution in [0.4, 0.5) is 0 Å². The highest BCUT2D eigenvalue weighted by Gasteiger charge is 2.53. The highest BCUT2D eigenvalue weighted by atomic mass is 16.5. The minimum absolute atomic E-state index is 0.0216. The first kappa shape index (κ1) is 29.7. The Morgan fingerprint density at radius 2 is 1.89 bits per heavy atom. The normalized spacial score (nSPS) is 23.9. The van der Waals surface area contributed by atoms with Gasteiger partial charge < -0.3 is 24.4 Å². The smallest absolute Gasteiger partial charge is 0.311 e. The maximum absolute atomic E-state index is 12.8. The van der Waals surface area contributed by atoms with Crippen molar-refractivity contribution in [1.82, 2.24) is 10.2 Å². The van der Waals surface area contributed by atoms with Crippen molar-refractivity contribution in [2.45, 2.75) is 84.2 Å². The molecule has 0 saturated carbocycles. The molecule has 0 radical (unpaired) electrons. The lowest BCUT2D eigenvalue weighted by atomic mass is 9.56. The molecule has 1 N–H and O–H groups in total. The molecule has 1 fully saturated rings. The maximum Gasteiger partial charge on any atom is 0.311 e. The molecule has 2 bridgehead atoms. The van der Waals surface area contributed by atoms with Crippen LogP contribution in [0.1, 0.15) is 71.4 Å². The van der Waals surface area contributed by atoms with Gasteiger partial charge in [0.05, 0.1) is 26.7 Å². The van der Waals surface area contributed by atoms with Crippen LogP contribution in [0.5, 0.6) is 11.5 Å². The molecule has 1 aliphatic heterocycles. The Hall–Kier alpha value is -2.87. The van der Waals surface area contributed by atoms with Crippen LogP contribution in [-0.4, -0.2) is 62.5 Å². The summed E-state index contributed by atoms with van der Waals surface area (Å²) in [6.07, 6.45) is 4.10. The minimum Gasteiger partial charge on any atom is -0.493 e. The van der Waals surface area contributed by atoms with Crippen molar-refractivity contribution < 1.29 is 28.6 Å². The second kappa shape index (κ2) is 12.3. The van der Waals surface area contributed by atoms with Gasteiger partial charge in [-0.1, -0.05) is 26.8 Å². The van der Waals surface area contributed by atoms with E-state index >= 15 is 0 Å². The summed E-state index contributed by atoms with van der Waals surface area (Å²) in [6, 6.07) is 3.91. The molecule has 1 heterocycles. The summed E-state index contributed by atoms with van der Waals surface area (Å²) < 4.78 is 17.4. The van der Waals surface area contributed by atoms with E-state index in [1.54, 1.807) is 14.2 Å². The molecule has 8 nitrogen and oxygen atoms in total. The van der Waals surface area contributed by atoms with Gasteiger partial charge in [-0.05, 0) is 69.8 Å². The lowest BCUT2D eigenvalue weighted by Crippen LogP contribution is -2.58. The number of ketones is 1. The molecular formula is C30H44N2O6. The molecule has 1 aliphatic carbocycles. The summed E-state index contributed by atoms with van der Waals surface area (Å²) in [5.74, 6) is 1.42. The van der Waals surface area contributed by atoms with E-state index in [4.69, 9.17) is 14.2 Å². The second-order valence-electron chi connectivity index (χ2n) is 11.1. The van der Waals surface area contributed by atoms with Crippen LogP contribution < -0.4 is 14.8 Å². The minimum atomic E-state index is -0.555. The van der Waals surface area contributed by atoms with Crippen molar-refractivity contribution in [3.63, 3.8) is 0 Å². The second-order valence-corrected chi connectivity index (χ2v) is 11.1. The third-order valence-electron chi connectivity index (χ3n) is 8.52. The number of esters is 1. The number of rotatable bonds is 11. The fourth-order valence-corrected chi connectivity index (χ4v) is 6.36. The summed E-state index contributed by atoms with van der Waals surface area (Å²) in [4.78, 5) is 39.5. The Bertz CT molecular complexity index is 1080. The fourth-order valence-electron chi connectivity index (χ4n) is 6.36. The van der Waals surface area contributed by atoms with E-state index in [-0.39, 0.29) is 41.8 Å². The van der Waals surface area contributed by atoms with Gasteiger partial charge in [0.2, 0.25) is 5.91 Å².